The zero-order valence-corrected chi connectivity index (χ0v) is 29.8. The highest BCUT2D eigenvalue weighted by atomic mass is 16.4. The predicted octanol–water partition coefficient (Wildman–Crippen LogP) is 6.34. The molecule has 2 aromatic heterocycles. The Balaban J connectivity index is 1.07. The van der Waals surface area contributed by atoms with Gasteiger partial charge in [-0.25, -0.2) is 9.97 Å². The van der Waals surface area contributed by atoms with Gasteiger partial charge in [0.25, 0.3) is 5.91 Å². The maximum atomic E-state index is 13.7. The van der Waals surface area contributed by atoms with Gasteiger partial charge in [-0.3, -0.25) is 19.4 Å². The predicted molar refractivity (Wildman–Crippen MR) is 191 cm³/mol. The van der Waals surface area contributed by atoms with Gasteiger partial charge in [-0.2, -0.15) is 0 Å². The number of imidazole rings is 1. The summed E-state index contributed by atoms with van der Waals surface area (Å²) in [6.45, 7) is 12.5. The Bertz CT molecular complexity index is 1860. The number of amides is 2. The van der Waals surface area contributed by atoms with Crippen LogP contribution in [0.4, 0.5) is 5.69 Å². The number of likely N-dealkylation sites (N-methyl/N-ethyl adjacent to an activating group) is 1. The van der Waals surface area contributed by atoms with E-state index in [1.807, 2.05) is 61.7 Å². The van der Waals surface area contributed by atoms with Crippen molar-refractivity contribution in [1.29, 1.82) is 0 Å². The molecular weight excluding hydrogens is 614 g/mol. The molecule has 4 aromatic rings. The van der Waals surface area contributed by atoms with Crippen LogP contribution in [0.5, 0.6) is 0 Å². The number of rotatable bonds is 8. The molecule has 7 rings (SSSR count). The third-order valence-electron chi connectivity index (χ3n) is 11.2. The lowest BCUT2D eigenvalue weighted by Gasteiger charge is -2.38. The van der Waals surface area contributed by atoms with Crippen LogP contribution in [0.3, 0.4) is 0 Å². The fourth-order valence-electron chi connectivity index (χ4n) is 7.85. The summed E-state index contributed by atoms with van der Waals surface area (Å²) in [5, 5.41) is 3.18. The van der Waals surface area contributed by atoms with Crippen molar-refractivity contribution < 1.29 is 14.0 Å². The van der Waals surface area contributed by atoms with Crippen molar-refractivity contribution in [3.05, 3.63) is 76.2 Å². The Morgan fingerprint density at radius 1 is 0.939 bits per heavy atom. The molecule has 0 atom stereocenters. The molecule has 10 nitrogen and oxygen atoms in total. The molecule has 4 heterocycles. The normalized spacial score (nSPS) is 19.3. The van der Waals surface area contributed by atoms with E-state index in [4.69, 9.17) is 14.4 Å². The minimum atomic E-state index is -0.191. The van der Waals surface area contributed by atoms with Gasteiger partial charge in [-0.1, -0.05) is 38.1 Å². The highest BCUT2D eigenvalue weighted by Gasteiger charge is 2.32. The van der Waals surface area contributed by atoms with Gasteiger partial charge < -0.3 is 19.2 Å². The van der Waals surface area contributed by atoms with Crippen molar-refractivity contribution in [2.24, 2.45) is 13.0 Å². The van der Waals surface area contributed by atoms with Crippen LogP contribution in [0.15, 0.2) is 40.8 Å². The Kier molecular flexibility index (Phi) is 9.19. The first-order valence-corrected chi connectivity index (χ1v) is 17.9. The van der Waals surface area contributed by atoms with Crippen molar-refractivity contribution >= 4 is 17.5 Å². The van der Waals surface area contributed by atoms with Crippen molar-refractivity contribution in [2.75, 3.05) is 32.0 Å². The van der Waals surface area contributed by atoms with Gasteiger partial charge in [0, 0.05) is 49.5 Å². The number of nitrogens with one attached hydrogen (secondary N) is 1. The van der Waals surface area contributed by atoms with Gasteiger partial charge in [0.15, 0.2) is 5.82 Å². The van der Waals surface area contributed by atoms with Gasteiger partial charge in [-0.15, -0.1) is 0 Å². The van der Waals surface area contributed by atoms with Gasteiger partial charge >= 0.3 is 0 Å². The van der Waals surface area contributed by atoms with Crippen molar-refractivity contribution in [3.8, 4) is 22.6 Å². The van der Waals surface area contributed by atoms with Crippen LogP contribution in [0.2, 0.25) is 0 Å². The Morgan fingerprint density at radius 3 is 2.39 bits per heavy atom. The van der Waals surface area contributed by atoms with E-state index in [1.165, 1.54) is 31.4 Å². The van der Waals surface area contributed by atoms with Gasteiger partial charge in [0.05, 0.1) is 25.3 Å². The Labute approximate surface area is 289 Å². The highest BCUT2D eigenvalue weighted by molar-refractivity contribution is 6.03. The number of benzene rings is 2. The maximum absolute atomic E-state index is 13.7. The van der Waals surface area contributed by atoms with E-state index in [0.717, 1.165) is 82.6 Å². The van der Waals surface area contributed by atoms with Gasteiger partial charge in [0.1, 0.15) is 11.5 Å². The summed E-state index contributed by atoms with van der Waals surface area (Å²) in [6.07, 6.45) is 6.03. The molecule has 1 aliphatic carbocycles. The number of hydrogen-bond donors (Lipinski definition) is 1. The molecule has 2 aromatic carbocycles. The molecule has 3 aliphatic rings. The molecule has 0 saturated heterocycles. The van der Waals surface area contributed by atoms with Gasteiger partial charge in [-0.05, 0) is 93.4 Å². The quantitative estimate of drug-likeness (QED) is 0.235. The summed E-state index contributed by atoms with van der Waals surface area (Å²) >= 11 is 0. The fraction of sp³-hybridized carbons (Fsp3) is 0.487. The summed E-state index contributed by atoms with van der Waals surface area (Å²) < 4.78 is 8.24. The van der Waals surface area contributed by atoms with Crippen LogP contribution >= 0.6 is 0 Å². The molecule has 0 radical (unpaired) electrons. The molecule has 1 saturated carbocycles. The van der Waals surface area contributed by atoms with Gasteiger partial charge in [0.2, 0.25) is 11.8 Å². The molecule has 0 spiro atoms. The number of anilines is 1. The van der Waals surface area contributed by atoms with Crippen molar-refractivity contribution in [2.45, 2.75) is 85.5 Å². The lowest BCUT2D eigenvalue weighted by molar-refractivity contribution is -0.132. The number of carbonyl (C=O) groups is 2. The maximum Gasteiger partial charge on any atom is 0.291 e. The molecule has 2 amide bonds. The second kappa shape index (κ2) is 13.6. The summed E-state index contributed by atoms with van der Waals surface area (Å²) in [6, 6.07) is 12.8. The van der Waals surface area contributed by atoms with Crippen LogP contribution in [0.1, 0.15) is 84.1 Å². The number of carbonyl (C=O) groups excluding carboxylic acids is 2. The van der Waals surface area contributed by atoms with Crippen LogP contribution < -0.4 is 5.32 Å². The summed E-state index contributed by atoms with van der Waals surface area (Å²) in [5.41, 5.74) is 8.81. The Hall–Kier alpha value is -4.28. The largest absolute Gasteiger partial charge is 0.439 e. The molecule has 0 bridgehead atoms. The molecule has 49 heavy (non-hydrogen) atoms. The minimum absolute atomic E-state index is 0.0817. The molecule has 1 fully saturated rings. The third kappa shape index (κ3) is 6.44. The van der Waals surface area contributed by atoms with Crippen molar-refractivity contribution in [1.82, 2.24) is 29.2 Å². The lowest BCUT2D eigenvalue weighted by atomic mass is 9.86. The van der Waals surface area contributed by atoms with Crippen LogP contribution in [-0.4, -0.2) is 73.8 Å². The Morgan fingerprint density at radius 2 is 1.65 bits per heavy atom. The van der Waals surface area contributed by atoms with E-state index < -0.39 is 0 Å². The first-order valence-electron chi connectivity index (χ1n) is 17.9. The molecule has 1 N–H and O–H groups in total. The highest BCUT2D eigenvalue weighted by Crippen LogP contribution is 2.37. The van der Waals surface area contributed by atoms with E-state index in [1.54, 1.807) is 4.90 Å². The second-order valence-electron chi connectivity index (χ2n) is 14.4. The van der Waals surface area contributed by atoms with E-state index in [9.17, 15) is 9.59 Å². The third-order valence-corrected chi connectivity index (χ3v) is 11.2. The molecule has 0 unspecified atom stereocenters. The fourth-order valence-corrected chi connectivity index (χ4v) is 7.85. The molecule has 2 aliphatic heterocycles. The van der Waals surface area contributed by atoms with E-state index in [-0.39, 0.29) is 11.8 Å². The molecule has 10 heteroatoms. The van der Waals surface area contributed by atoms with Crippen LogP contribution in [-0.2, 0) is 37.9 Å². The molecule has 258 valence electrons. The average Bonchev–Trinajstić information content (AvgIpc) is 3.78. The summed E-state index contributed by atoms with van der Waals surface area (Å²) in [4.78, 5) is 42.5. The second-order valence-corrected chi connectivity index (χ2v) is 14.4. The topological polar surface area (TPSA) is 99.7 Å². The SMILES string of the molecule is CCN(C)CC(=O)N1Cc2nc(-c3cccc(-c4cccc(NC(=O)c5nc6c(n5C)CCN(C5CCC(C)CC5)C6)c4C)c3C)oc2C1. The van der Waals surface area contributed by atoms with E-state index >= 15 is 0 Å². The number of hydrogen-bond acceptors (Lipinski definition) is 7. The summed E-state index contributed by atoms with van der Waals surface area (Å²) in [7, 11) is 3.91. The first-order chi connectivity index (χ1) is 23.6. The first kappa shape index (κ1) is 33.2. The van der Waals surface area contributed by atoms with Crippen LogP contribution in [0, 0.1) is 19.8 Å². The minimum Gasteiger partial charge on any atom is -0.439 e. The molecular formula is C39H49N7O3. The standard InChI is InChI=1S/C39H49N7O3/c1-7-43(5)23-36(47)46-21-33-35(22-46)49-39(42-33)30-12-8-10-28(25(30)3)29-11-9-13-31(26(29)4)41-38(48)37-40-32-20-45(19-18-34(32)44(37)6)27-16-14-24(2)15-17-27/h8-13,24,27H,7,14-23H2,1-6H3,(H,41,48). The average molecular weight is 664 g/mol. The number of oxazole rings is 1. The van der Waals surface area contributed by atoms with E-state index in [0.29, 0.717) is 37.4 Å². The number of nitrogens with zero attached hydrogens (tertiary/aromatic N) is 6. The monoisotopic (exact) mass is 663 g/mol. The summed E-state index contributed by atoms with van der Waals surface area (Å²) in [5.74, 6) is 2.50. The van der Waals surface area contributed by atoms with E-state index in [2.05, 4.69) is 36.2 Å². The number of aromatic nitrogens is 3. The smallest absolute Gasteiger partial charge is 0.291 e. The van der Waals surface area contributed by atoms with Crippen LogP contribution in [0.25, 0.3) is 22.6 Å². The lowest BCUT2D eigenvalue weighted by Crippen LogP contribution is -2.41. The zero-order valence-electron chi connectivity index (χ0n) is 29.8. The zero-order chi connectivity index (χ0) is 34.4. The van der Waals surface area contributed by atoms with Crippen molar-refractivity contribution in [3.63, 3.8) is 0 Å². The number of fused-ring (bicyclic) bond motifs is 2.